The van der Waals surface area contributed by atoms with Crippen LogP contribution < -0.4 is 4.74 Å². The number of carbonyl (C=O) groups excluding carboxylic acids is 1. The monoisotopic (exact) mass is 303 g/mol. The zero-order valence-electron chi connectivity index (χ0n) is 11.1. The average molecular weight is 304 g/mol. The number of hydrogen-bond donors (Lipinski definition) is 0. The number of esters is 1. The van der Waals surface area contributed by atoms with Crippen molar-refractivity contribution in [2.24, 2.45) is 5.92 Å². The second kappa shape index (κ2) is 6.57. The molecule has 0 saturated heterocycles. The highest BCUT2D eigenvalue weighted by molar-refractivity contribution is 7.15. The first-order chi connectivity index (χ1) is 9.13. The van der Waals surface area contributed by atoms with Gasteiger partial charge in [-0.2, -0.15) is 4.98 Å². The number of aromatic nitrogens is 1. The maximum absolute atomic E-state index is 11.4. The van der Waals surface area contributed by atoms with E-state index in [1.54, 1.807) is 0 Å². The lowest BCUT2D eigenvalue weighted by molar-refractivity contribution is 0.0606. The summed E-state index contributed by atoms with van der Waals surface area (Å²) in [5, 5.41) is 0.627. The predicted molar refractivity (Wildman–Crippen MR) is 75.1 cm³/mol. The number of carbonyl (C=O) groups is 1. The van der Waals surface area contributed by atoms with Gasteiger partial charge in [0.15, 0.2) is 10.0 Å². The first kappa shape index (κ1) is 14.6. The van der Waals surface area contributed by atoms with Crippen molar-refractivity contribution >= 4 is 28.9 Å². The highest BCUT2D eigenvalue weighted by Gasteiger charge is 2.25. The Morgan fingerprint density at radius 2 is 2.32 bits per heavy atom. The van der Waals surface area contributed by atoms with Crippen molar-refractivity contribution in [3.63, 3.8) is 0 Å². The number of hydrogen-bond acceptors (Lipinski definition) is 5. The van der Waals surface area contributed by atoms with Gasteiger partial charge in [-0.25, -0.2) is 4.79 Å². The van der Waals surface area contributed by atoms with E-state index in [4.69, 9.17) is 16.3 Å². The quantitative estimate of drug-likeness (QED) is 0.791. The van der Waals surface area contributed by atoms with Gasteiger partial charge in [-0.3, -0.25) is 0 Å². The molecule has 1 saturated carbocycles. The lowest BCUT2D eigenvalue weighted by atomic mass is 9.86. The molecule has 1 aromatic heterocycles. The maximum atomic E-state index is 11.4. The van der Waals surface area contributed by atoms with Crippen LogP contribution in [0.25, 0.3) is 0 Å². The molecule has 2 unspecified atom stereocenters. The Balaban J connectivity index is 2.01. The molecule has 2 rings (SSSR count). The second-order valence-corrected chi connectivity index (χ2v) is 6.09. The summed E-state index contributed by atoms with van der Waals surface area (Å²) >= 11 is 7.07. The Bertz CT molecular complexity index is 449. The summed E-state index contributed by atoms with van der Waals surface area (Å²) < 4.78 is 10.5. The smallest absolute Gasteiger partial charge is 0.351 e. The Morgan fingerprint density at radius 1 is 1.53 bits per heavy atom. The number of rotatable bonds is 4. The minimum atomic E-state index is -0.465. The first-order valence-electron chi connectivity index (χ1n) is 6.55. The van der Waals surface area contributed by atoms with E-state index in [2.05, 4.69) is 16.6 Å². The van der Waals surface area contributed by atoms with Crippen molar-refractivity contribution in [2.75, 3.05) is 7.11 Å². The van der Waals surface area contributed by atoms with Crippen LogP contribution in [0.3, 0.4) is 0 Å². The maximum Gasteiger partial charge on any atom is 0.351 e. The summed E-state index contributed by atoms with van der Waals surface area (Å²) in [6.07, 6.45) is 5.94. The summed E-state index contributed by atoms with van der Waals surface area (Å²) in [4.78, 5) is 15.8. The Kier molecular flexibility index (Phi) is 5.05. The van der Waals surface area contributed by atoms with E-state index in [0.29, 0.717) is 10.1 Å². The Morgan fingerprint density at radius 3 is 3.00 bits per heavy atom. The van der Waals surface area contributed by atoms with E-state index in [1.165, 1.54) is 26.4 Å². The van der Waals surface area contributed by atoms with Crippen molar-refractivity contribution in [3.05, 3.63) is 10.0 Å². The molecule has 2 atom stereocenters. The third kappa shape index (κ3) is 3.60. The molecular weight excluding hydrogens is 286 g/mol. The SMILES string of the molecule is CCC1CCCC(Oc2nc(Cl)c(C(=O)OC)s2)C1. The third-order valence-electron chi connectivity index (χ3n) is 3.52. The zero-order chi connectivity index (χ0) is 13.8. The van der Waals surface area contributed by atoms with Gasteiger partial charge in [0, 0.05) is 0 Å². The topological polar surface area (TPSA) is 48.4 Å². The number of nitrogens with zero attached hydrogens (tertiary/aromatic N) is 1. The summed E-state index contributed by atoms with van der Waals surface area (Å²) in [5.74, 6) is 0.265. The lowest BCUT2D eigenvalue weighted by Crippen LogP contribution is -2.25. The number of ether oxygens (including phenoxy) is 2. The minimum Gasteiger partial charge on any atom is -0.467 e. The lowest BCUT2D eigenvalue weighted by Gasteiger charge is -2.27. The fourth-order valence-electron chi connectivity index (χ4n) is 2.41. The third-order valence-corrected chi connectivity index (χ3v) is 4.83. The molecule has 6 heteroatoms. The number of methoxy groups -OCH3 is 1. The highest BCUT2D eigenvalue weighted by atomic mass is 35.5. The van der Waals surface area contributed by atoms with Crippen molar-refractivity contribution < 1.29 is 14.3 Å². The summed E-state index contributed by atoms with van der Waals surface area (Å²) in [6.45, 7) is 2.21. The Hall–Kier alpha value is -0.810. The van der Waals surface area contributed by atoms with Gasteiger partial charge in [-0.1, -0.05) is 42.7 Å². The van der Waals surface area contributed by atoms with Crippen LogP contribution in [0.1, 0.15) is 48.7 Å². The average Bonchev–Trinajstić information content (AvgIpc) is 2.79. The molecule has 0 aromatic carbocycles. The van der Waals surface area contributed by atoms with Gasteiger partial charge in [0.25, 0.3) is 5.19 Å². The molecular formula is C13H18ClNO3S. The number of thiazole rings is 1. The van der Waals surface area contributed by atoms with Crippen LogP contribution in [-0.2, 0) is 4.74 Å². The van der Waals surface area contributed by atoms with Gasteiger partial charge in [-0.05, 0) is 25.2 Å². The standard InChI is InChI=1S/C13H18ClNO3S/c1-3-8-5-4-6-9(7-8)18-13-15-11(14)10(19-13)12(16)17-2/h8-9H,3-7H2,1-2H3. The van der Waals surface area contributed by atoms with Crippen molar-refractivity contribution in [1.82, 2.24) is 4.98 Å². The van der Waals surface area contributed by atoms with Gasteiger partial charge in [0.2, 0.25) is 0 Å². The molecule has 0 aliphatic heterocycles. The van der Waals surface area contributed by atoms with Crippen LogP contribution in [0.4, 0.5) is 0 Å². The molecule has 1 heterocycles. The van der Waals surface area contributed by atoms with Gasteiger partial charge in [0.05, 0.1) is 7.11 Å². The molecule has 0 bridgehead atoms. The molecule has 1 aromatic rings. The molecule has 4 nitrogen and oxygen atoms in total. The molecule has 1 aliphatic rings. The van der Waals surface area contributed by atoms with Crippen LogP contribution in [0.2, 0.25) is 5.15 Å². The van der Waals surface area contributed by atoms with E-state index in [1.807, 2.05) is 0 Å². The van der Waals surface area contributed by atoms with Crippen LogP contribution in [-0.4, -0.2) is 24.2 Å². The second-order valence-electron chi connectivity index (χ2n) is 4.77. The van der Waals surface area contributed by atoms with Crippen molar-refractivity contribution in [2.45, 2.75) is 45.1 Å². The summed E-state index contributed by atoms with van der Waals surface area (Å²) in [6, 6.07) is 0. The minimum absolute atomic E-state index is 0.162. The zero-order valence-corrected chi connectivity index (χ0v) is 12.7. The van der Waals surface area contributed by atoms with Crippen LogP contribution in [0, 0.1) is 5.92 Å². The van der Waals surface area contributed by atoms with E-state index in [9.17, 15) is 4.79 Å². The van der Waals surface area contributed by atoms with Crippen molar-refractivity contribution in [3.8, 4) is 5.19 Å². The normalized spacial score (nSPS) is 23.1. The molecule has 0 N–H and O–H groups in total. The molecule has 0 amide bonds. The van der Waals surface area contributed by atoms with Gasteiger partial charge in [0.1, 0.15) is 6.10 Å². The van der Waals surface area contributed by atoms with Crippen LogP contribution in [0.5, 0.6) is 5.19 Å². The van der Waals surface area contributed by atoms with Crippen LogP contribution >= 0.6 is 22.9 Å². The molecule has 106 valence electrons. The highest BCUT2D eigenvalue weighted by Crippen LogP contribution is 2.34. The molecule has 1 aliphatic carbocycles. The largest absolute Gasteiger partial charge is 0.467 e. The van der Waals surface area contributed by atoms with E-state index >= 15 is 0 Å². The van der Waals surface area contributed by atoms with Crippen LogP contribution in [0.15, 0.2) is 0 Å². The molecule has 19 heavy (non-hydrogen) atoms. The molecule has 1 fully saturated rings. The fourth-order valence-corrected chi connectivity index (χ4v) is 3.53. The van der Waals surface area contributed by atoms with E-state index in [-0.39, 0.29) is 11.3 Å². The predicted octanol–water partition coefficient (Wildman–Crippen LogP) is 3.93. The Labute approximate surface area is 122 Å². The summed E-state index contributed by atoms with van der Waals surface area (Å²) in [5.41, 5.74) is 0. The van der Waals surface area contributed by atoms with E-state index in [0.717, 1.165) is 30.1 Å². The molecule has 0 radical (unpaired) electrons. The summed E-state index contributed by atoms with van der Waals surface area (Å²) in [7, 11) is 1.33. The molecule has 0 spiro atoms. The van der Waals surface area contributed by atoms with Gasteiger partial charge in [-0.15, -0.1) is 0 Å². The van der Waals surface area contributed by atoms with Crippen molar-refractivity contribution in [1.29, 1.82) is 0 Å². The van der Waals surface area contributed by atoms with Gasteiger partial charge >= 0.3 is 5.97 Å². The van der Waals surface area contributed by atoms with E-state index < -0.39 is 5.97 Å². The first-order valence-corrected chi connectivity index (χ1v) is 7.74. The number of halogens is 1. The van der Waals surface area contributed by atoms with Gasteiger partial charge < -0.3 is 9.47 Å². The fraction of sp³-hybridized carbons (Fsp3) is 0.692.